The second kappa shape index (κ2) is 75.1. The molecule has 0 saturated heterocycles. The molecule has 618 valence electrons. The smallest absolute Gasteiger partial charge is 0.462 e. The van der Waals surface area contributed by atoms with Gasteiger partial charge in [-0.25, -0.2) is 9.13 Å². The van der Waals surface area contributed by atoms with Crippen LogP contribution in [-0.2, 0) is 65.4 Å². The van der Waals surface area contributed by atoms with Gasteiger partial charge in [0.15, 0.2) is 12.2 Å². The van der Waals surface area contributed by atoms with Crippen molar-refractivity contribution in [1.82, 2.24) is 0 Å². The summed E-state index contributed by atoms with van der Waals surface area (Å²) >= 11 is 0. The van der Waals surface area contributed by atoms with Crippen LogP contribution in [0.25, 0.3) is 0 Å². The molecular formula is C85H166O17P2. The Labute approximate surface area is 638 Å². The molecule has 3 unspecified atom stereocenters. The number of carbonyl (C=O) groups is 4. The minimum atomic E-state index is -4.97. The average molecular weight is 1520 g/mol. The van der Waals surface area contributed by atoms with Gasteiger partial charge >= 0.3 is 39.5 Å². The second-order valence-corrected chi connectivity index (χ2v) is 34.7. The molecule has 3 N–H and O–H groups in total. The molecule has 104 heavy (non-hydrogen) atoms. The van der Waals surface area contributed by atoms with E-state index in [0.29, 0.717) is 31.6 Å². The minimum absolute atomic E-state index is 0.107. The van der Waals surface area contributed by atoms with Gasteiger partial charge in [-0.05, 0) is 43.4 Å². The van der Waals surface area contributed by atoms with E-state index in [9.17, 15) is 43.2 Å². The number of phosphoric acid groups is 2. The van der Waals surface area contributed by atoms with Crippen molar-refractivity contribution in [3.63, 3.8) is 0 Å². The number of aliphatic hydroxyl groups is 1. The summed E-state index contributed by atoms with van der Waals surface area (Å²) in [5, 5.41) is 10.7. The molecule has 0 amide bonds. The van der Waals surface area contributed by atoms with Crippen molar-refractivity contribution in [2.45, 2.75) is 465 Å². The van der Waals surface area contributed by atoms with Crippen LogP contribution in [0.4, 0.5) is 0 Å². The summed E-state index contributed by atoms with van der Waals surface area (Å²) in [5.74, 6) is 0.276. The number of carbonyl (C=O) groups excluding carboxylic acids is 4. The van der Waals surface area contributed by atoms with Gasteiger partial charge in [0.25, 0.3) is 0 Å². The Morgan fingerprint density at radius 3 is 0.731 bits per heavy atom. The largest absolute Gasteiger partial charge is 0.472 e. The Morgan fingerprint density at radius 1 is 0.279 bits per heavy atom. The van der Waals surface area contributed by atoms with Crippen molar-refractivity contribution in [2.24, 2.45) is 17.8 Å². The van der Waals surface area contributed by atoms with Crippen LogP contribution < -0.4 is 0 Å². The lowest BCUT2D eigenvalue weighted by atomic mass is 9.99. The molecule has 0 aromatic heterocycles. The maximum Gasteiger partial charge on any atom is 0.472 e. The zero-order chi connectivity index (χ0) is 76.5. The van der Waals surface area contributed by atoms with E-state index in [1.807, 2.05) is 0 Å². The first kappa shape index (κ1) is 102. The molecule has 0 aromatic rings. The first-order valence-electron chi connectivity index (χ1n) is 43.9. The summed E-state index contributed by atoms with van der Waals surface area (Å²) in [4.78, 5) is 73.1. The van der Waals surface area contributed by atoms with Gasteiger partial charge in [-0.1, -0.05) is 395 Å². The lowest BCUT2D eigenvalue weighted by Gasteiger charge is -2.21. The predicted octanol–water partition coefficient (Wildman–Crippen LogP) is 25.7. The van der Waals surface area contributed by atoms with Gasteiger partial charge in [0.2, 0.25) is 0 Å². The van der Waals surface area contributed by atoms with Crippen molar-refractivity contribution in [1.29, 1.82) is 0 Å². The molecule has 0 rings (SSSR count). The van der Waals surface area contributed by atoms with Crippen molar-refractivity contribution in [2.75, 3.05) is 39.6 Å². The molecule has 6 atom stereocenters. The van der Waals surface area contributed by atoms with E-state index >= 15 is 0 Å². The maximum absolute atomic E-state index is 13.1. The molecule has 0 aliphatic carbocycles. The number of rotatable bonds is 83. The van der Waals surface area contributed by atoms with Crippen LogP contribution in [0.1, 0.15) is 447 Å². The molecule has 0 radical (unpaired) electrons. The first-order chi connectivity index (χ1) is 50.3. The normalized spacial score (nSPS) is 14.2. The summed E-state index contributed by atoms with van der Waals surface area (Å²) < 4.78 is 68.8. The summed E-state index contributed by atoms with van der Waals surface area (Å²) in [6, 6.07) is 0. The second-order valence-electron chi connectivity index (χ2n) is 31.8. The minimum Gasteiger partial charge on any atom is -0.462 e. The third-order valence-corrected chi connectivity index (χ3v) is 22.1. The van der Waals surface area contributed by atoms with E-state index in [2.05, 4.69) is 48.5 Å². The summed E-state index contributed by atoms with van der Waals surface area (Å²) in [5.41, 5.74) is 0. The van der Waals surface area contributed by atoms with Gasteiger partial charge in [-0.3, -0.25) is 37.3 Å². The predicted molar refractivity (Wildman–Crippen MR) is 428 cm³/mol. The molecule has 0 aliphatic heterocycles. The Balaban J connectivity index is 5.22. The van der Waals surface area contributed by atoms with Crippen LogP contribution in [0.15, 0.2) is 0 Å². The molecule has 0 saturated carbocycles. The topological polar surface area (TPSA) is 237 Å². The first-order valence-corrected chi connectivity index (χ1v) is 46.9. The number of unbranched alkanes of at least 4 members (excludes halogenated alkanes) is 50. The third kappa shape index (κ3) is 76.8. The van der Waals surface area contributed by atoms with Crippen LogP contribution in [0.2, 0.25) is 0 Å². The highest BCUT2D eigenvalue weighted by Gasteiger charge is 2.30. The molecular weight excluding hydrogens is 1350 g/mol. The highest BCUT2D eigenvalue weighted by atomic mass is 31.2. The van der Waals surface area contributed by atoms with E-state index in [-0.39, 0.29) is 25.7 Å². The number of hydrogen-bond donors (Lipinski definition) is 3. The molecule has 19 heteroatoms. The van der Waals surface area contributed by atoms with Crippen LogP contribution in [0.3, 0.4) is 0 Å². The molecule has 0 bridgehead atoms. The van der Waals surface area contributed by atoms with Crippen molar-refractivity contribution in [3.8, 4) is 0 Å². The van der Waals surface area contributed by atoms with Crippen LogP contribution in [0, 0.1) is 17.8 Å². The number of ether oxygens (including phenoxy) is 4. The van der Waals surface area contributed by atoms with E-state index < -0.39 is 97.5 Å². The number of phosphoric ester groups is 2. The number of esters is 4. The maximum atomic E-state index is 13.1. The van der Waals surface area contributed by atoms with Gasteiger partial charge < -0.3 is 33.8 Å². The van der Waals surface area contributed by atoms with Crippen LogP contribution in [-0.4, -0.2) is 96.7 Å². The van der Waals surface area contributed by atoms with Crippen molar-refractivity contribution < 1.29 is 80.2 Å². The van der Waals surface area contributed by atoms with Gasteiger partial charge in [0.1, 0.15) is 19.3 Å². The molecule has 0 heterocycles. The quantitative estimate of drug-likeness (QED) is 0.0222. The van der Waals surface area contributed by atoms with Crippen molar-refractivity contribution in [3.05, 3.63) is 0 Å². The fourth-order valence-electron chi connectivity index (χ4n) is 13.2. The Hall–Kier alpha value is -1.94. The summed E-state index contributed by atoms with van der Waals surface area (Å²) in [6.07, 6.45) is 65.3. The van der Waals surface area contributed by atoms with Crippen molar-refractivity contribution >= 4 is 39.5 Å². The van der Waals surface area contributed by atoms with Gasteiger partial charge in [-0.2, -0.15) is 0 Å². The van der Waals surface area contributed by atoms with E-state index in [0.717, 1.165) is 108 Å². The SMILES string of the molecule is CCCCCCCCCCCCCCCCC(=O)O[C@H](COC(=O)CCCCCCCCCC(C)C)COP(=O)(O)OC[C@H](O)COP(=O)(O)OC[C@@H](COC(=O)CCCCCCCCCCCCCCCCCC(C)C)OC(=O)CCCCCCCCCCCCCCCCCCCCC(C)CC. The van der Waals surface area contributed by atoms with E-state index in [4.69, 9.17) is 37.0 Å². The standard InChI is InChI=1S/C85H166O17P2/c1-8-10-11-12-13-14-15-16-28-34-39-46-54-61-68-85(90)102-81(73-96-83(88)67-60-53-48-41-43-50-57-64-77(5)6)75-100-104(93,94)98-71-79(86)70-97-103(91,92)99-74-80(72-95-82(87)66-59-52-45-38-33-29-25-21-22-26-31-36-42-49-56-63-76(3)4)101-84(89)69-62-55-47-40-35-30-24-20-18-17-19-23-27-32-37-44-51-58-65-78(7)9-2/h76-81,86H,8-75H2,1-7H3,(H,91,92)(H,93,94)/t78?,79-,80-,81-/m1/s1. The van der Waals surface area contributed by atoms with Gasteiger partial charge in [0, 0.05) is 25.7 Å². The van der Waals surface area contributed by atoms with Gasteiger partial charge in [0.05, 0.1) is 26.4 Å². The molecule has 0 spiro atoms. The highest BCUT2D eigenvalue weighted by molar-refractivity contribution is 7.47. The molecule has 0 aromatic carbocycles. The molecule has 17 nitrogen and oxygen atoms in total. The van der Waals surface area contributed by atoms with Crippen LogP contribution >= 0.6 is 15.6 Å². The van der Waals surface area contributed by atoms with Crippen LogP contribution in [0.5, 0.6) is 0 Å². The summed E-state index contributed by atoms with van der Waals surface area (Å²) in [6.45, 7) is 12.0. The fourth-order valence-corrected chi connectivity index (χ4v) is 14.7. The average Bonchev–Trinajstić information content (AvgIpc) is 0.908. The van der Waals surface area contributed by atoms with E-state index in [1.54, 1.807) is 0 Å². The molecule has 0 aliphatic rings. The number of hydrogen-bond acceptors (Lipinski definition) is 15. The lowest BCUT2D eigenvalue weighted by molar-refractivity contribution is -0.161. The Morgan fingerprint density at radius 2 is 0.490 bits per heavy atom. The fraction of sp³-hybridized carbons (Fsp3) is 0.953. The monoisotopic (exact) mass is 1520 g/mol. The van der Waals surface area contributed by atoms with Gasteiger partial charge in [-0.15, -0.1) is 0 Å². The highest BCUT2D eigenvalue weighted by Crippen LogP contribution is 2.45. The summed E-state index contributed by atoms with van der Waals surface area (Å²) in [7, 11) is -9.93. The number of aliphatic hydroxyl groups excluding tert-OH is 1. The molecule has 0 fully saturated rings. The Bertz CT molecular complexity index is 2010. The Kier molecular flexibility index (Phi) is 73.7. The lowest BCUT2D eigenvalue weighted by Crippen LogP contribution is -2.30. The zero-order valence-corrected chi connectivity index (χ0v) is 70.3. The third-order valence-electron chi connectivity index (χ3n) is 20.2. The zero-order valence-electron chi connectivity index (χ0n) is 68.5. The van der Waals surface area contributed by atoms with E-state index in [1.165, 1.54) is 250 Å².